The maximum atomic E-state index is 6.68. The summed E-state index contributed by atoms with van der Waals surface area (Å²) in [6, 6.07) is 81.8. The van der Waals surface area contributed by atoms with E-state index in [1.165, 1.54) is 22.3 Å². The van der Waals surface area contributed by atoms with Crippen molar-refractivity contribution in [1.29, 1.82) is 0 Å². The van der Waals surface area contributed by atoms with Crippen LogP contribution >= 0.6 is 0 Å². The van der Waals surface area contributed by atoms with Gasteiger partial charge in [-0.15, -0.1) is 0 Å². The zero-order valence-electron chi connectivity index (χ0n) is 31.2. The first-order valence-electron chi connectivity index (χ1n) is 19.3. The molecular weight excluding hydrogens is 693 g/mol. The van der Waals surface area contributed by atoms with Gasteiger partial charge in [0.25, 0.3) is 0 Å². The molecule has 57 heavy (non-hydrogen) atoms. The molecule has 3 heteroatoms. The van der Waals surface area contributed by atoms with Crippen LogP contribution in [0.2, 0.25) is 0 Å². The molecule has 0 unspecified atom stereocenters. The summed E-state index contributed by atoms with van der Waals surface area (Å²) in [5.41, 5.74) is 14.8. The van der Waals surface area contributed by atoms with E-state index in [9.17, 15) is 0 Å². The van der Waals surface area contributed by atoms with Crippen LogP contribution in [0.3, 0.4) is 0 Å². The van der Waals surface area contributed by atoms with E-state index in [4.69, 9.17) is 4.42 Å². The van der Waals surface area contributed by atoms with Gasteiger partial charge in [-0.05, 0) is 100 Å². The van der Waals surface area contributed by atoms with Gasteiger partial charge in [0.15, 0.2) is 5.58 Å². The van der Waals surface area contributed by atoms with Gasteiger partial charge in [0.2, 0.25) is 0 Å². The van der Waals surface area contributed by atoms with Crippen LogP contribution in [0.1, 0.15) is 0 Å². The number of rotatable bonds is 9. The second kappa shape index (κ2) is 14.9. The Hall–Kier alpha value is -7.62. The summed E-state index contributed by atoms with van der Waals surface area (Å²) in [7, 11) is 0. The fourth-order valence-corrected chi connectivity index (χ4v) is 7.88. The van der Waals surface area contributed by atoms with E-state index >= 15 is 0 Å². The first-order valence-corrected chi connectivity index (χ1v) is 19.3. The minimum Gasteiger partial charge on any atom is -0.454 e. The summed E-state index contributed by atoms with van der Waals surface area (Å²) in [6.45, 7) is 0. The molecule has 0 aliphatic rings. The Labute approximate surface area is 333 Å². The number of furan rings is 1. The third-order valence-corrected chi connectivity index (χ3v) is 10.6. The maximum absolute atomic E-state index is 6.68. The largest absolute Gasteiger partial charge is 0.454 e. The zero-order valence-corrected chi connectivity index (χ0v) is 31.2. The van der Waals surface area contributed by atoms with Crippen molar-refractivity contribution >= 4 is 56.1 Å². The summed E-state index contributed by atoms with van der Waals surface area (Å²) in [4.78, 5) is 4.69. The van der Waals surface area contributed by atoms with Crippen molar-refractivity contribution in [2.24, 2.45) is 0 Å². The number of hydrogen-bond acceptors (Lipinski definition) is 3. The summed E-state index contributed by atoms with van der Waals surface area (Å²) >= 11 is 0. The number of anilines is 6. The topological polar surface area (TPSA) is 19.6 Å². The lowest BCUT2D eigenvalue weighted by molar-refractivity contribution is 0.669. The zero-order chi connectivity index (χ0) is 38.0. The van der Waals surface area contributed by atoms with Crippen LogP contribution in [0, 0.1) is 0 Å². The number of fused-ring (bicyclic) bond motifs is 3. The molecule has 0 saturated carbocycles. The van der Waals surface area contributed by atoms with E-state index in [1.54, 1.807) is 0 Å². The first-order chi connectivity index (χ1) is 28.3. The highest BCUT2D eigenvalue weighted by atomic mass is 16.3. The quantitative estimate of drug-likeness (QED) is 0.147. The van der Waals surface area contributed by atoms with Crippen molar-refractivity contribution in [3.63, 3.8) is 0 Å². The lowest BCUT2D eigenvalue weighted by atomic mass is 10.0. The van der Waals surface area contributed by atoms with Crippen LogP contribution in [0.4, 0.5) is 34.1 Å². The molecule has 270 valence electrons. The first kappa shape index (κ1) is 33.9. The molecule has 1 aromatic heterocycles. The molecule has 0 radical (unpaired) electrons. The lowest BCUT2D eigenvalue weighted by Gasteiger charge is -2.30. The standard InChI is InChI=1S/C54H38N2O/c1-5-16-39(17-6-1)42-28-32-46(33-29-42)55(47-34-30-43(31-35-47)40-18-7-2-8-19-40)48-36-44(41-20-9-3-10-21-41)37-49(38-48)56(45-22-11-4-12-23-45)52-26-15-25-51-50-24-13-14-27-53(50)57-54(51)52/h1-38H. The van der Waals surface area contributed by atoms with Crippen molar-refractivity contribution in [3.8, 4) is 33.4 Å². The smallest absolute Gasteiger partial charge is 0.159 e. The Morgan fingerprint density at radius 1 is 0.263 bits per heavy atom. The highest BCUT2D eigenvalue weighted by Crippen LogP contribution is 2.46. The van der Waals surface area contributed by atoms with Crippen molar-refractivity contribution in [2.75, 3.05) is 9.80 Å². The van der Waals surface area contributed by atoms with Crippen molar-refractivity contribution in [2.45, 2.75) is 0 Å². The molecule has 10 rings (SSSR count). The SMILES string of the molecule is c1ccc(-c2ccc(N(c3ccc(-c4ccccc4)cc3)c3cc(-c4ccccc4)cc(N(c4ccccc4)c4cccc5c4oc4ccccc45)c3)cc2)cc1. The van der Waals surface area contributed by atoms with Crippen LogP contribution in [0.5, 0.6) is 0 Å². The summed E-state index contributed by atoms with van der Waals surface area (Å²) < 4.78 is 6.68. The highest BCUT2D eigenvalue weighted by molar-refractivity contribution is 6.10. The van der Waals surface area contributed by atoms with Gasteiger partial charge in [-0.25, -0.2) is 0 Å². The maximum Gasteiger partial charge on any atom is 0.159 e. The molecule has 0 N–H and O–H groups in total. The van der Waals surface area contributed by atoms with Gasteiger partial charge in [0, 0.05) is 39.2 Å². The molecular formula is C54H38N2O. The Balaban J connectivity index is 1.20. The van der Waals surface area contributed by atoms with Crippen molar-refractivity contribution in [3.05, 3.63) is 231 Å². The Kier molecular flexibility index (Phi) is 8.86. The molecule has 0 saturated heterocycles. The molecule has 3 nitrogen and oxygen atoms in total. The average Bonchev–Trinajstić information content (AvgIpc) is 3.68. The molecule has 0 atom stereocenters. The van der Waals surface area contributed by atoms with Crippen LogP contribution in [-0.4, -0.2) is 0 Å². The summed E-state index contributed by atoms with van der Waals surface area (Å²) in [5, 5.41) is 2.19. The molecule has 0 aliphatic carbocycles. The van der Waals surface area contributed by atoms with E-state index in [0.717, 1.165) is 67.2 Å². The van der Waals surface area contributed by atoms with E-state index in [1.807, 2.05) is 12.1 Å². The molecule has 1 heterocycles. The van der Waals surface area contributed by atoms with Crippen LogP contribution in [0.15, 0.2) is 235 Å². The minimum absolute atomic E-state index is 0.846. The molecule has 9 aromatic carbocycles. The van der Waals surface area contributed by atoms with Crippen molar-refractivity contribution < 1.29 is 4.42 Å². The molecule has 0 aliphatic heterocycles. The predicted octanol–water partition coefficient (Wildman–Crippen LogP) is 15.5. The monoisotopic (exact) mass is 730 g/mol. The fraction of sp³-hybridized carbons (Fsp3) is 0. The highest BCUT2D eigenvalue weighted by Gasteiger charge is 2.22. The lowest BCUT2D eigenvalue weighted by Crippen LogP contribution is -2.14. The molecule has 0 bridgehead atoms. The normalized spacial score (nSPS) is 11.2. The Bertz CT molecular complexity index is 2840. The Morgan fingerprint density at radius 2 is 0.684 bits per heavy atom. The average molecular weight is 731 g/mol. The number of nitrogens with zero attached hydrogens (tertiary/aromatic N) is 2. The van der Waals surface area contributed by atoms with Gasteiger partial charge in [-0.3, -0.25) is 0 Å². The molecule has 0 amide bonds. The van der Waals surface area contributed by atoms with Gasteiger partial charge in [0.05, 0.1) is 5.69 Å². The number of hydrogen-bond donors (Lipinski definition) is 0. The second-order valence-electron chi connectivity index (χ2n) is 14.2. The van der Waals surface area contributed by atoms with E-state index < -0.39 is 0 Å². The van der Waals surface area contributed by atoms with Gasteiger partial charge in [-0.2, -0.15) is 0 Å². The van der Waals surface area contributed by atoms with Gasteiger partial charge in [0.1, 0.15) is 5.58 Å². The van der Waals surface area contributed by atoms with Crippen LogP contribution < -0.4 is 9.80 Å². The number of para-hydroxylation sites is 3. The minimum atomic E-state index is 0.846. The van der Waals surface area contributed by atoms with Gasteiger partial charge >= 0.3 is 0 Å². The van der Waals surface area contributed by atoms with E-state index in [2.05, 4.69) is 228 Å². The Morgan fingerprint density at radius 3 is 1.25 bits per heavy atom. The second-order valence-corrected chi connectivity index (χ2v) is 14.2. The van der Waals surface area contributed by atoms with E-state index in [0.29, 0.717) is 0 Å². The van der Waals surface area contributed by atoms with Gasteiger partial charge < -0.3 is 14.2 Å². The predicted molar refractivity (Wildman–Crippen MR) is 239 cm³/mol. The summed E-state index contributed by atoms with van der Waals surface area (Å²) in [6.07, 6.45) is 0. The van der Waals surface area contributed by atoms with E-state index in [-0.39, 0.29) is 0 Å². The van der Waals surface area contributed by atoms with Crippen LogP contribution in [0.25, 0.3) is 55.3 Å². The number of benzene rings is 9. The van der Waals surface area contributed by atoms with Crippen LogP contribution in [-0.2, 0) is 0 Å². The molecule has 0 spiro atoms. The van der Waals surface area contributed by atoms with Gasteiger partial charge in [-0.1, -0.05) is 164 Å². The third kappa shape index (κ3) is 6.62. The van der Waals surface area contributed by atoms with Crippen molar-refractivity contribution in [1.82, 2.24) is 0 Å². The molecule has 0 fully saturated rings. The molecule has 10 aromatic rings. The third-order valence-electron chi connectivity index (χ3n) is 10.6. The fourth-order valence-electron chi connectivity index (χ4n) is 7.88. The summed E-state index contributed by atoms with van der Waals surface area (Å²) in [5.74, 6) is 0.